The molecule has 2 N–H and O–H groups in total. The molecular weight excluding hydrogens is 442 g/mol. The molecule has 1 amide bonds. The summed E-state index contributed by atoms with van der Waals surface area (Å²) in [5.41, 5.74) is 4.89. The molecule has 0 saturated carbocycles. The van der Waals surface area contributed by atoms with E-state index in [0.717, 1.165) is 18.4 Å². The van der Waals surface area contributed by atoms with Crippen molar-refractivity contribution in [3.05, 3.63) is 53.1 Å². The van der Waals surface area contributed by atoms with Crippen LogP contribution in [0.5, 0.6) is 5.75 Å². The van der Waals surface area contributed by atoms with Crippen LogP contribution in [-0.2, 0) is 17.6 Å². The normalized spacial score (nSPS) is 11.4. The summed E-state index contributed by atoms with van der Waals surface area (Å²) in [6.45, 7) is 8.26. The average molecular weight is 478 g/mol. The van der Waals surface area contributed by atoms with Gasteiger partial charge in [0.25, 0.3) is 5.89 Å². The zero-order valence-electron chi connectivity index (χ0n) is 21.4. The van der Waals surface area contributed by atoms with E-state index in [0.29, 0.717) is 35.1 Å². The van der Waals surface area contributed by atoms with Crippen molar-refractivity contribution in [1.82, 2.24) is 20.8 Å². The van der Waals surface area contributed by atoms with E-state index in [2.05, 4.69) is 32.9 Å². The highest BCUT2D eigenvalue weighted by Crippen LogP contribution is 2.32. The lowest BCUT2D eigenvalue weighted by molar-refractivity contribution is -0.119. The summed E-state index contributed by atoms with van der Waals surface area (Å²) >= 11 is 0. The molecule has 0 spiro atoms. The van der Waals surface area contributed by atoms with E-state index < -0.39 is 0 Å². The van der Waals surface area contributed by atoms with Crippen LogP contribution in [0.2, 0.25) is 0 Å². The Labute approximate surface area is 207 Å². The van der Waals surface area contributed by atoms with Crippen molar-refractivity contribution < 1.29 is 14.1 Å². The van der Waals surface area contributed by atoms with Gasteiger partial charge in [0.2, 0.25) is 11.7 Å². The molecule has 8 heteroatoms. The number of rotatable bonds is 6. The second-order valence-corrected chi connectivity index (χ2v) is 7.91. The number of nitrogens with zero attached hydrogens (tertiary/aromatic N) is 3. The number of aryl methyl sites for hydroxylation is 1. The summed E-state index contributed by atoms with van der Waals surface area (Å²) in [4.78, 5) is 14.8. The van der Waals surface area contributed by atoms with Gasteiger partial charge in [-0.05, 0) is 69.5 Å². The van der Waals surface area contributed by atoms with Crippen molar-refractivity contribution in [2.75, 3.05) is 20.6 Å². The Balaban J connectivity index is 0.000000416. The van der Waals surface area contributed by atoms with Gasteiger partial charge in [-0.2, -0.15) is 10.2 Å². The Kier molecular flexibility index (Phi) is 10.9. The number of benzene rings is 2. The van der Waals surface area contributed by atoms with Gasteiger partial charge >= 0.3 is 0 Å². The van der Waals surface area contributed by atoms with Crippen molar-refractivity contribution in [3.63, 3.8) is 0 Å². The molecule has 0 saturated heterocycles. The van der Waals surface area contributed by atoms with E-state index in [1.807, 2.05) is 45.9 Å². The number of likely N-dealkylation sites (N-methyl/N-ethyl adjacent to an activating group) is 2. The van der Waals surface area contributed by atoms with Crippen LogP contribution in [0.3, 0.4) is 0 Å². The molecule has 0 bridgehead atoms. The largest absolute Gasteiger partial charge is 0.490 e. The maximum atomic E-state index is 10.2. The highest BCUT2D eigenvalue weighted by atomic mass is 16.5. The average Bonchev–Trinajstić information content (AvgIpc) is 3.56. The Hall–Kier alpha value is -3.70. The third kappa shape index (κ3) is 7.39. The van der Waals surface area contributed by atoms with Gasteiger partial charge in [-0.3, -0.25) is 4.79 Å². The van der Waals surface area contributed by atoms with Crippen molar-refractivity contribution in [2.24, 2.45) is 0 Å². The second-order valence-electron chi connectivity index (χ2n) is 7.91. The number of hydrogen-bond acceptors (Lipinski definition) is 7. The van der Waals surface area contributed by atoms with Crippen LogP contribution in [0.15, 0.2) is 40.9 Å². The summed E-state index contributed by atoms with van der Waals surface area (Å²) < 4.78 is 11.1. The Morgan fingerprint density at radius 1 is 1.20 bits per heavy atom. The van der Waals surface area contributed by atoms with Crippen molar-refractivity contribution in [2.45, 2.75) is 53.1 Å². The zero-order chi connectivity index (χ0) is 25.8. The van der Waals surface area contributed by atoms with Crippen LogP contribution in [0.1, 0.15) is 50.8 Å². The molecule has 1 heterocycles. The molecule has 186 valence electrons. The molecule has 0 unspecified atom stereocenters. The quantitative estimate of drug-likeness (QED) is 0.536. The van der Waals surface area contributed by atoms with Crippen molar-refractivity contribution in [1.29, 1.82) is 5.26 Å². The zero-order valence-corrected chi connectivity index (χ0v) is 21.4. The van der Waals surface area contributed by atoms with Gasteiger partial charge in [0.05, 0.1) is 18.2 Å². The predicted octanol–water partition coefficient (Wildman–Crippen LogP) is 4.53. The lowest BCUT2D eigenvalue weighted by Crippen LogP contribution is -2.28. The molecule has 0 radical (unpaired) electrons. The molecule has 0 atom stereocenters. The van der Waals surface area contributed by atoms with Crippen molar-refractivity contribution >= 4 is 5.91 Å². The highest BCUT2D eigenvalue weighted by Gasteiger charge is 2.20. The molecule has 0 aliphatic heterocycles. The van der Waals surface area contributed by atoms with Crippen LogP contribution in [-0.4, -0.2) is 42.8 Å². The number of fused-ring (bicyclic) bond motifs is 1. The van der Waals surface area contributed by atoms with Gasteiger partial charge < -0.3 is 19.9 Å². The Bertz CT molecular complexity index is 1150. The standard InChI is InChI=1S/C21H19N3O2.C4H10N2O.C2H6/c1-13(2)25-19-10-9-15(11-16(19)12-22)21-23-20(24-26-21)18-8-4-6-14-5-3-7-17(14)18;1-5-3-4(7)6-2;1-2/h4,6,8-11,13H,3,5,7H2,1-2H3;5H,3H2,1-2H3,(H,6,7);1-2H3. The van der Waals surface area contributed by atoms with E-state index in [4.69, 9.17) is 9.26 Å². The van der Waals surface area contributed by atoms with E-state index in [9.17, 15) is 10.1 Å². The number of nitrogens with one attached hydrogen (secondary N) is 2. The van der Waals surface area contributed by atoms with Gasteiger partial charge in [-0.25, -0.2) is 0 Å². The molecule has 8 nitrogen and oxygen atoms in total. The lowest BCUT2D eigenvalue weighted by atomic mass is 10.0. The maximum Gasteiger partial charge on any atom is 0.258 e. The minimum Gasteiger partial charge on any atom is -0.490 e. The van der Waals surface area contributed by atoms with Gasteiger partial charge in [0.1, 0.15) is 11.8 Å². The topological polar surface area (TPSA) is 113 Å². The Morgan fingerprint density at radius 2 is 1.97 bits per heavy atom. The smallest absolute Gasteiger partial charge is 0.258 e. The molecule has 1 aliphatic carbocycles. The first-order valence-corrected chi connectivity index (χ1v) is 12.0. The number of nitriles is 1. The van der Waals surface area contributed by atoms with Gasteiger partial charge in [-0.1, -0.05) is 37.2 Å². The summed E-state index contributed by atoms with van der Waals surface area (Å²) in [7, 11) is 3.34. The summed E-state index contributed by atoms with van der Waals surface area (Å²) in [5.74, 6) is 1.58. The number of carbonyl (C=O) groups is 1. The number of carbonyl (C=O) groups excluding carboxylic acids is 1. The number of hydrogen-bond donors (Lipinski definition) is 2. The number of ether oxygens (including phenoxy) is 1. The minimum absolute atomic E-state index is 0.00290. The first-order chi connectivity index (χ1) is 17.0. The summed E-state index contributed by atoms with van der Waals surface area (Å²) in [6.07, 6.45) is 3.33. The third-order valence-corrected chi connectivity index (χ3v) is 5.14. The van der Waals surface area contributed by atoms with Crippen LogP contribution in [0.25, 0.3) is 22.8 Å². The number of amides is 1. The minimum atomic E-state index is 0.00290. The molecule has 1 aliphatic rings. The third-order valence-electron chi connectivity index (χ3n) is 5.14. The summed E-state index contributed by atoms with van der Waals surface area (Å²) in [5, 5.41) is 18.7. The monoisotopic (exact) mass is 477 g/mol. The van der Waals surface area contributed by atoms with Gasteiger partial charge in [0.15, 0.2) is 0 Å². The van der Waals surface area contributed by atoms with E-state index in [-0.39, 0.29) is 12.0 Å². The van der Waals surface area contributed by atoms with Gasteiger partial charge in [-0.15, -0.1) is 0 Å². The molecule has 2 aromatic carbocycles. The maximum absolute atomic E-state index is 10.2. The summed E-state index contributed by atoms with van der Waals surface area (Å²) in [6, 6.07) is 13.8. The molecule has 3 aromatic rings. The fourth-order valence-electron chi connectivity index (χ4n) is 3.64. The molecule has 0 fully saturated rings. The molecular formula is C27H35N5O3. The number of aromatic nitrogens is 2. The molecule has 1 aromatic heterocycles. The van der Waals surface area contributed by atoms with E-state index in [1.165, 1.54) is 17.5 Å². The highest BCUT2D eigenvalue weighted by molar-refractivity contribution is 5.77. The van der Waals surface area contributed by atoms with Crippen LogP contribution < -0.4 is 15.4 Å². The molecule has 35 heavy (non-hydrogen) atoms. The van der Waals surface area contributed by atoms with Gasteiger partial charge in [0, 0.05) is 18.2 Å². The first kappa shape index (κ1) is 27.5. The molecule has 4 rings (SSSR count). The van der Waals surface area contributed by atoms with E-state index >= 15 is 0 Å². The predicted molar refractivity (Wildman–Crippen MR) is 137 cm³/mol. The van der Waals surface area contributed by atoms with Crippen LogP contribution in [0, 0.1) is 11.3 Å². The van der Waals surface area contributed by atoms with Crippen LogP contribution >= 0.6 is 0 Å². The fourth-order valence-corrected chi connectivity index (χ4v) is 3.64. The van der Waals surface area contributed by atoms with E-state index in [1.54, 1.807) is 26.2 Å². The Morgan fingerprint density at radius 3 is 2.60 bits per heavy atom. The lowest BCUT2D eigenvalue weighted by Gasteiger charge is -2.11. The van der Waals surface area contributed by atoms with Crippen molar-refractivity contribution in [3.8, 4) is 34.7 Å². The second kappa shape index (κ2) is 13.9. The fraction of sp³-hybridized carbons (Fsp3) is 0.407. The first-order valence-electron chi connectivity index (χ1n) is 12.0. The SMILES string of the molecule is CC.CC(C)Oc1ccc(-c2nc(-c3cccc4c3CCC4)no2)cc1C#N.CNCC(=O)NC. The van der Waals surface area contributed by atoms with Crippen LogP contribution in [0.4, 0.5) is 0 Å².